The molecule has 0 atom stereocenters. The molecule has 20 heavy (non-hydrogen) atoms. The second-order valence-electron chi connectivity index (χ2n) is 4.94. The van der Waals surface area contributed by atoms with Gasteiger partial charge in [-0.05, 0) is 33.4 Å². The van der Waals surface area contributed by atoms with Gasteiger partial charge in [-0.1, -0.05) is 6.92 Å². The van der Waals surface area contributed by atoms with Gasteiger partial charge in [0.25, 0.3) is 0 Å². The summed E-state index contributed by atoms with van der Waals surface area (Å²) >= 11 is 0. The zero-order chi connectivity index (χ0) is 15.2. The van der Waals surface area contributed by atoms with E-state index in [1.807, 2.05) is 20.8 Å². The summed E-state index contributed by atoms with van der Waals surface area (Å²) in [4.78, 5) is 0. The third-order valence-electron chi connectivity index (χ3n) is 2.86. The topological polar surface area (TPSA) is 79.3 Å². The normalized spacial score (nSPS) is 12.3. The molecule has 0 aliphatic rings. The van der Waals surface area contributed by atoms with Crippen molar-refractivity contribution < 1.29 is 8.42 Å². The molecule has 7 nitrogen and oxygen atoms in total. The minimum Gasteiger partial charge on any atom is -0.317 e. The van der Waals surface area contributed by atoms with Crippen LogP contribution in [0.1, 0.15) is 33.2 Å². The van der Waals surface area contributed by atoms with E-state index in [1.165, 1.54) is 10.5 Å². The van der Waals surface area contributed by atoms with E-state index in [4.69, 9.17) is 0 Å². The molecular formula is C12H25N5O2S. The Morgan fingerprint density at radius 3 is 2.70 bits per heavy atom. The molecule has 1 aromatic heterocycles. The van der Waals surface area contributed by atoms with Crippen LogP contribution in [-0.4, -0.2) is 49.2 Å². The van der Waals surface area contributed by atoms with Crippen molar-refractivity contribution in [1.29, 1.82) is 0 Å². The quantitative estimate of drug-likeness (QED) is 0.668. The fourth-order valence-electron chi connectivity index (χ4n) is 1.62. The molecule has 0 aliphatic heterocycles. The number of rotatable bonds is 9. The third kappa shape index (κ3) is 5.10. The summed E-state index contributed by atoms with van der Waals surface area (Å²) in [6, 6.07) is 0.200. The van der Waals surface area contributed by atoms with E-state index in [9.17, 15) is 8.42 Å². The molecule has 0 aromatic carbocycles. The maximum atomic E-state index is 12.1. The molecule has 0 bridgehead atoms. The van der Waals surface area contributed by atoms with Crippen molar-refractivity contribution in [3.05, 3.63) is 12.4 Å². The lowest BCUT2D eigenvalue weighted by Gasteiger charge is -2.17. The Hall–Kier alpha value is -1.12. The molecule has 0 unspecified atom stereocenters. The molecule has 0 saturated heterocycles. The minimum absolute atomic E-state index is 0.200. The van der Waals surface area contributed by atoms with Crippen molar-refractivity contribution in [1.82, 2.24) is 19.4 Å². The first-order chi connectivity index (χ1) is 9.36. The van der Waals surface area contributed by atoms with Gasteiger partial charge in [0, 0.05) is 25.8 Å². The second-order valence-corrected chi connectivity index (χ2v) is 6.72. The van der Waals surface area contributed by atoms with Crippen LogP contribution in [0.15, 0.2) is 12.4 Å². The van der Waals surface area contributed by atoms with Crippen molar-refractivity contribution in [2.75, 3.05) is 31.4 Å². The maximum absolute atomic E-state index is 12.1. The Balaban J connectivity index is 2.54. The monoisotopic (exact) mass is 303 g/mol. The number of nitrogens with zero attached hydrogens (tertiary/aromatic N) is 3. The van der Waals surface area contributed by atoms with Gasteiger partial charge in [-0.2, -0.15) is 17.8 Å². The molecular weight excluding hydrogens is 278 g/mol. The number of anilines is 1. The Morgan fingerprint density at radius 1 is 1.45 bits per heavy atom. The molecule has 2 N–H and O–H groups in total. The SMILES string of the molecule is CCNCCCN(C)S(=O)(=O)Nc1cnn(C(C)C)c1. The van der Waals surface area contributed by atoms with Gasteiger partial charge in [-0.15, -0.1) is 0 Å². The van der Waals surface area contributed by atoms with E-state index < -0.39 is 10.2 Å². The van der Waals surface area contributed by atoms with Crippen LogP contribution in [0.3, 0.4) is 0 Å². The average Bonchev–Trinajstić information content (AvgIpc) is 2.82. The summed E-state index contributed by atoms with van der Waals surface area (Å²) in [5.41, 5.74) is 0.484. The van der Waals surface area contributed by atoms with Crippen LogP contribution in [0.5, 0.6) is 0 Å². The number of hydrogen-bond acceptors (Lipinski definition) is 4. The zero-order valence-corrected chi connectivity index (χ0v) is 13.4. The lowest BCUT2D eigenvalue weighted by molar-refractivity contribution is 0.459. The Bertz CT molecular complexity index is 498. The van der Waals surface area contributed by atoms with E-state index in [-0.39, 0.29) is 6.04 Å². The molecule has 1 heterocycles. The predicted molar refractivity (Wildman–Crippen MR) is 80.9 cm³/mol. The summed E-state index contributed by atoms with van der Waals surface area (Å²) in [5.74, 6) is 0. The van der Waals surface area contributed by atoms with E-state index in [0.717, 1.165) is 19.5 Å². The minimum atomic E-state index is -3.51. The summed E-state index contributed by atoms with van der Waals surface area (Å²) in [6.07, 6.45) is 3.98. The second kappa shape index (κ2) is 7.61. The first-order valence-electron chi connectivity index (χ1n) is 6.85. The molecule has 1 aromatic rings. The summed E-state index contributed by atoms with van der Waals surface area (Å²) in [6.45, 7) is 8.16. The van der Waals surface area contributed by atoms with Gasteiger partial charge in [0.05, 0.1) is 11.9 Å². The fourth-order valence-corrected chi connectivity index (χ4v) is 2.55. The van der Waals surface area contributed by atoms with Crippen LogP contribution in [-0.2, 0) is 10.2 Å². The highest BCUT2D eigenvalue weighted by Crippen LogP contribution is 2.12. The molecule has 0 amide bonds. The van der Waals surface area contributed by atoms with Gasteiger partial charge in [0.1, 0.15) is 0 Å². The Kier molecular flexibility index (Phi) is 6.44. The first-order valence-corrected chi connectivity index (χ1v) is 8.29. The smallest absolute Gasteiger partial charge is 0.301 e. The highest BCUT2D eigenvalue weighted by molar-refractivity contribution is 7.90. The van der Waals surface area contributed by atoms with Crippen molar-refractivity contribution in [2.24, 2.45) is 0 Å². The third-order valence-corrected chi connectivity index (χ3v) is 4.36. The fraction of sp³-hybridized carbons (Fsp3) is 0.750. The van der Waals surface area contributed by atoms with Crippen LogP contribution in [0.25, 0.3) is 0 Å². The molecule has 116 valence electrons. The molecule has 0 aliphatic carbocycles. The largest absolute Gasteiger partial charge is 0.317 e. The number of aromatic nitrogens is 2. The van der Waals surface area contributed by atoms with Crippen molar-refractivity contribution >= 4 is 15.9 Å². The standard InChI is InChI=1S/C12H25N5O2S/c1-5-13-7-6-8-16(4)20(18,19)15-12-9-14-17(10-12)11(2)3/h9-11,13,15H,5-8H2,1-4H3. The lowest BCUT2D eigenvalue weighted by atomic mass is 10.4. The van der Waals surface area contributed by atoms with Crippen LogP contribution in [0, 0.1) is 0 Å². The van der Waals surface area contributed by atoms with Gasteiger partial charge >= 0.3 is 10.2 Å². The molecule has 0 radical (unpaired) electrons. The van der Waals surface area contributed by atoms with Gasteiger partial charge in [0.15, 0.2) is 0 Å². The van der Waals surface area contributed by atoms with Gasteiger partial charge in [0.2, 0.25) is 0 Å². The summed E-state index contributed by atoms with van der Waals surface area (Å²) in [5, 5.41) is 7.27. The highest BCUT2D eigenvalue weighted by atomic mass is 32.2. The molecule has 0 spiro atoms. The van der Waals surface area contributed by atoms with Crippen molar-refractivity contribution in [3.8, 4) is 0 Å². The van der Waals surface area contributed by atoms with E-state index in [2.05, 4.69) is 15.1 Å². The summed E-state index contributed by atoms with van der Waals surface area (Å²) in [7, 11) is -1.94. The predicted octanol–water partition coefficient (Wildman–Crippen LogP) is 1.05. The molecule has 8 heteroatoms. The Morgan fingerprint density at radius 2 is 2.15 bits per heavy atom. The lowest BCUT2D eigenvalue weighted by Crippen LogP contribution is -2.34. The first kappa shape index (κ1) is 16.9. The van der Waals surface area contributed by atoms with E-state index >= 15 is 0 Å². The number of nitrogens with one attached hydrogen (secondary N) is 2. The van der Waals surface area contributed by atoms with E-state index in [0.29, 0.717) is 12.2 Å². The molecule has 0 saturated carbocycles. The van der Waals surface area contributed by atoms with Crippen molar-refractivity contribution in [3.63, 3.8) is 0 Å². The van der Waals surface area contributed by atoms with Gasteiger partial charge < -0.3 is 5.32 Å². The molecule has 0 fully saturated rings. The van der Waals surface area contributed by atoms with Crippen LogP contribution < -0.4 is 10.0 Å². The number of hydrogen-bond donors (Lipinski definition) is 2. The average molecular weight is 303 g/mol. The molecule has 1 rings (SSSR count). The van der Waals surface area contributed by atoms with Gasteiger partial charge in [-0.25, -0.2) is 0 Å². The van der Waals surface area contributed by atoms with Crippen LogP contribution >= 0.6 is 0 Å². The highest BCUT2D eigenvalue weighted by Gasteiger charge is 2.18. The van der Waals surface area contributed by atoms with Gasteiger partial charge in [-0.3, -0.25) is 9.40 Å². The summed E-state index contributed by atoms with van der Waals surface area (Å²) < 4.78 is 29.8. The maximum Gasteiger partial charge on any atom is 0.301 e. The van der Waals surface area contributed by atoms with Crippen LogP contribution in [0.4, 0.5) is 5.69 Å². The zero-order valence-electron chi connectivity index (χ0n) is 12.6. The van der Waals surface area contributed by atoms with E-state index in [1.54, 1.807) is 17.9 Å². The van der Waals surface area contributed by atoms with Crippen LogP contribution in [0.2, 0.25) is 0 Å². The Labute approximate surface area is 121 Å². The van der Waals surface area contributed by atoms with Crippen molar-refractivity contribution in [2.45, 2.75) is 33.2 Å².